The fourth-order valence-electron chi connectivity index (χ4n) is 1.10. The van der Waals surface area contributed by atoms with Crippen LogP contribution in [-0.4, -0.2) is 11.9 Å². The average Bonchev–Trinajstić information content (AvgIpc) is 1.67. The molecule has 2 heteroatoms. The summed E-state index contributed by atoms with van der Waals surface area (Å²) in [4.78, 5) is 10.6. The zero-order valence-corrected chi connectivity index (χ0v) is 5.27. The second-order valence-electron chi connectivity index (χ2n) is 2.31. The minimum atomic E-state index is 0.222. The Balaban J connectivity index is 2.40. The van der Waals surface area contributed by atoms with E-state index in [1.54, 1.807) is 0 Å². The third-order valence-corrected chi connectivity index (χ3v) is 1.75. The highest BCUT2D eigenvalue weighted by molar-refractivity contribution is 5.85. The Kier molecular flexibility index (Phi) is 1.24. The Bertz CT molecular complexity index is 111. The summed E-state index contributed by atoms with van der Waals surface area (Å²) < 4.78 is 0. The van der Waals surface area contributed by atoms with Crippen molar-refractivity contribution in [1.29, 1.82) is 0 Å². The van der Waals surface area contributed by atoms with Crippen LogP contribution in [0, 0.1) is 5.92 Å². The van der Waals surface area contributed by atoms with Gasteiger partial charge in [-0.1, -0.05) is 6.92 Å². The second-order valence-corrected chi connectivity index (χ2v) is 2.31. The zero-order valence-electron chi connectivity index (χ0n) is 5.27. The molecule has 1 aliphatic rings. The van der Waals surface area contributed by atoms with E-state index in [1.807, 2.05) is 13.8 Å². The summed E-state index contributed by atoms with van der Waals surface area (Å²) in [6.07, 6.45) is 0.979. The molecule has 0 bridgehead atoms. The van der Waals surface area contributed by atoms with Gasteiger partial charge in [0.1, 0.15) is 0 Å². The summed E-state index contributed by atoms with van der Waals surface area (Å²) in [6, 6.07) is 0.424. The Morgan fingerprint density at radius 2 is 2.38 bits per heavy atom. The van der Waals surface area contributed by atoms with Crippen molar-refractivity contribution in [3.8, 4) is 0 Å². The molecule has 0 saturated carbocycles. The van der Waals surface area contributed by atoms with Crippen molar-refractivity contribution in [1.82, 2.24) is 5.32 Å². The molecule has 1 heterocycles. The number of amides is 1. The molecule has 2 atom stereocenters. The predicted molar refractivity (Wildman–Crippen MR) is 31.4 cm³/mol. The lowest BCUT2D eigenvalue weighted by atomic mass is 9.90. The molecule has 0 radical (unpaired) electrons. The maximum Gasteiger partial charge on any atom is 0.225 e. The van der Waals surface area contributed by atoms with E-state index >= 15 is 0 Å². The largest absolute Gasteiger partial charge is 0.353 e. The van der Waals surface area contributed by atoms with E-state index in [-0.39, 0.29) is 5.91 Å². The fourth-order valence-corrected chi connectivity index (χ4v) is 1.10. The number of rotatable bonds is 1. The van der Waals surface area contributed by atoms with Gasteiger partial charge in [-0.05, 0) is 13.3 Å². The van der Waals surface area contributed by atoms with E-state index in [0.29, 0.717) is 12.0 Å². The van der Waals surface area contributed by atoms with Crippen LogP contribution in [0.1, 0.15) is 20.3 Å². The van der Waals surface area contributed by atoms with E-state index in [1.165, 1.54) is 0 Å². The molecule has 1 aliphatic heterocycles. The van der Waals surface area contributed by atoms with E-state index in [4.69, 9.17) is 0 Å². The van der Waals surface area contributed by atoms with Crippen molar-refractivity contribution in [2.24, 2.45) is 5.92 Å². The van der Waals surface area contributed by atoms with Gasteiger partial charge in [-0.3, -0.25) is 4.79 Å². The number of β-lactam (4-membered cyclic amide) rings is 1. The molecular formula is C6H11NO. The van der Waals surface area contributed by atoms with E-state index < -0.39 is 0 Å². The molecule has 1 unspecified atom stereocenters. The van der Waals surface area contributed by atoms with Crippen molar-refractivity contribution in [2.75, 3.05) is 0 Å². The van der Waals surface area contributed by atoms with Crippen LogP contribution in [-0.2, 0) is 4.79 Å². The number of hydrogen-bond acceptors (Lipinski definition) is 1. The first-order chi connectivity index (χ1) is 3.75. The molecule has 0 spiro atoms. The van der Waals surface area contributed by atoms with Crippen molar-refractivity contribution >= 4 is 5.91 Å². The van der Waals surface area contributed by atoms with Crippen LogP contribution >= 0.6 is 0 Å². The third kappa shape index (κ3) is 0.602. The number of carbonyl (C=O) groups is 1. The highest BCUT2D eigenvalue weighted by atomic mass is 16.2. The van der Waals surface area contributed by atoms with E-state index in [9.17, 15) is 4.79 Å². The van der Waals surface area contributed by atoms with Crippen molar-refractivity contribution in [3.63, 3.8) is 0 Å². The van der Waals surface area contributed by atoms with Crippen LogP contribution in [0.4, 0.5) is 0 Å². The first-order valence-corrected chi connectivity index (χ1v) is 3.06. The Hall–Kier alpha value is -0.530. The molecule has 1 amide bonds. The first kappa shape index (κ1) is 5.60. The van der Waals surface area contributed by atoms with Gasteiger partial charge in [0, 0.05) is 6.04 Å². The summed E-state index contributed by atoms with van der Waals surface area (Å²) in [5, 5.41) is 2.77. The van der Waals surface area contributed by atoms with Crippen LogP contribution in [0.2, 0.25) is 0 Å². The van der Waals surface area contributed by atoms with Crippen LogP contribution < -0.4 is 5.32 Å². The lowest BCUT2D eigenvalue weighted by Gasteiger charge is -2.33. The molecule has 0 aromatic heterocycles. The summed E-state index contributed by atoms with van der Waals surface area (Å²) in [7, 11) is 0. The van der Waals surface area contributed by atoms with Crippen LogP contribution in [0.15, 0.2) is 0 Å². The van der Waals surface area contributed by atoms with Gasteiger partial charge in [0.2, 0.25) is 5.91 Å². The minimum absolute atomic E-state index is 0.222. The maximum atomic E-state index is 10.6. The Morgan fingerprint density at radius 3 is 2.50 bits per heavy atom. The summed E-state index contributed by atoms with van der Waals surface area (Å²) in [5.41, 5.74) is 0. The SMILES string of the molecule is CC[C@@H]1C(=O)NC1C. The molecule has 0 aromatic carbocycles. The maximum absolute atomic E-state index is 10.6. The predicted octanol–water partition coefficient (Wildman–Crippen LogP) is 0.531. The molecule has 1 saturated heterocycles. The molecule has 1 fully saturated rings. The van der Waals surface area contributed by atoms with Crippen molar-refractivity contribution in [2.45, 2.75) is 26.3 Å². The van der Waals surface area contributed by atoms with Crippen molar-refractivity contribution in [3.05, 3.63) is 0 Å². The number of nitrogens with one attached hydrogen (secondary N) is 1. The van der Waals surface area contributed by atoms with Gasteiger partial charge in [-0.25, -0.2) is 0 Å². The Morgan fingerprint density at radius 1 is 1.75 bits per heavy atom. The van der Waals surface area contributed by atoms with E-state index in [0.717, 1.165) is 6.42 Å². The van der Waals surface area contributed by atoms with Gasteiger partial charge in [0.15, 0.2) is 0 Å². The first-order valence-electron chi connectivity index (χ1n) is 3.06. The molecule has 46 valence electrons. The van der Waals surface area contributed by atoms with Crippen LogP contribution in [0.5, 0.6) is 0 Å². The topological polar surface area (TPSA) is 29.1 Å². The quantitative estimate of drug-likeness (QED) is 0.494. The fraction of sp³-hybridized carbons (Fsp3) is 0.833. The van der Waals surface area contributed by atoms with Gasteiger partial charge in [0.25, 0.3) is 0 Å². The summed E-state index contributed by atoms with van der Waals surface area (Å²) >= 11 is 0. The molecule has 0 aliphatic carbocycles. The number of carbonyl (C=O) groups excluding carboxylic acids is 1. The zero-order chi connectivity index (χ0) is 6.15. The van der Waals surface area contributed by atoms with Gasteiger partial charge in [-0.15, -0.1) is 0 Å². The molecule has 1 rings (SSSR count). The lowest BCUT2D eigenvalue weighted by Crippen LogP contribution is -2.55. The van der Waals surface area contributed by atoms with Gasteiger partial charge >= 0.3 is 0 Å². The highest BCUT2D eigenvalue weighted by Gasteiger charge is 2.33. The Labute approximate surface area is 49.3 Å². The van der Waals surface area contributed by atoms with Crippen molar-refractivity contribution < 1.29 is 4.79 Å². The summed E-state index contributed by atoms with van der Waals surface area (Å²) in [5.74, 6) is 0.523. The average molecular weight is 113 g/mol. The normalized spacial score (nSPS) is 36.0. The number of hydrogen-bond donors (Lipinski definition) is 1. The molecular weight excluding hydrogens is 102 g/mol. The molecule has 8 heavy (non-hydrogen) atoms. The van der Waals surface area contributed by atoms with Gasteiger partial charge < -0.3 is 5.32 Å². The molecule has 1 N–H and O–H groups in total. The minimum Gasteiger partial charge on any atom is -0.353 e. The third-order valence-electron chi connectivity index (χ3n) is 1.75. The highest BCUT2D eigenvalue weighted by Crippen LogP contribution is 2.16. The standard InChI is InChI=1S/C6H11NO/c1-3-5-4(2)7-6(5)8/h4-5H,3H2,1-2H3,(H,7,8)/t4?,5-/m0/s1. The van der Waals surface area contributed by atoms with Gasteiger partial charge in [-0.2, -0.15) is 0 Å². The summed E-state index contributed by atoms with van der Waals surface area (Å²) in [6.45, 7) is 4.08. The molecule has 2 nitrogen and oxygen atoms in total. The van der Waals surface area contributed by atoms with Gasteiger partial charge in [0.05, 0.1) is 5.92 Å². The van der Waals surface area contributed by atoms with E-state index in [2.05, 4.69) is 5.32 Å². The monoisotopic (exact) mass is 113 g/mol. The molecule has 0 aromatic rings. The second kappa shape index (κ2) is 1.77. The lowest BCUT2D eigenvalue weighted by molar-refractivity contribution is -0.134. The van der Waals surface area contributed by atoms with Crippen LogP contribution in [0.25, 0.3) is 0 Å². The smallest absolute Gasteiger partial charge is 0.225 e. The van der Waals surface area contributed by atoms with Crippen LogP contribution in [0.3, 0.4) is 0 Å².